The summed E-state index contributed by atoms with van der Waals surface area (Å²) in [4.78, 5) is 26.6. The highest BCUT2D eigenvalue weighted by Crippen LogP contribution is 2.34. The lowest BCUT2D eigenvalue weighted by Crippen LogP contribution is -2.19. The highest BCUT2D eigenvalue weighted by Gasteiger charge is 2.19. The lowest BCUT2D eigenvalue weighted by Gasteiger charge is -2.11. The van der Waals surface area contributed by atoms with E-state index in [4.69, 9.17) is 4.74 Å². The van der Waals surface area contributed by atoms with Gasteiger partial charge in [-0.15, -0.1) is 0 Å². The predicted molar refractivity (Wildman–Crippen MR) is 81.8 cm³/mol. The molecule has 0 spiro atoms. The first-order valence-corrected chi connectivity index (χ1v) is 6.58. The van der Waals surface area contributed by atoms with Crippen molar-refractivity contribution in [1.29, 1.82) is 0 Å². The number of rotatable bonds is 3. The number of fused-ring (bicyclic) bond motifs is 1. The predicted octanol–water partition coefficient (Wildman–Crippen LogP) is 2.34. The van der Waals surface area contributed by atoms with Crippen molar-refractivity contribution in [2.45, 2.75) is 0 Å². The minimum Gasteiger partial charge on any atom is -0.504 e. The first kappa shape index (κ1) is 14.5. The molecule has 0 saturated heterocycles. The zero-order valence-electron chi connectivity index (χ0n) is 12.0. The second-order valence-corrected chi connectivity index (χ2v) is 4.77. The molecule has 0 amide bonds. The molecule has 0 aliphatic heterocycles. The van der Waals surface area contributed by atoms with E-state index in [9.17, 15) is 20.0 Å². The van der Waals surface area contributed by atoms with Crippen LogP contribution in [0.15, 0.2) is 47.4 Å². The van der Waals surface area contributed by atoms with Gasteiger partial charge in [0.25, 0.3) is 11.2 Å². The Morgan fingerprint density at radius 1 is 1.30 bits per heavy atom. The van der Waals surface area contributed by atoms with Crippen LogP contribution >= 0.6 is 0 Å². The fourth-order valence-corrected chi connectivity index (χ4v) is 2.20. The van der Waals surface area contributed by atoms with Crippen molar-refractivity contribution in [3.05, 3.63) is 63.1 Å². The Hall–Kier alpha value is -3.42. The largest absolute Gasteiger partial charge is 0.504 e. The van der Waals surface area contributed by atoms with Crippen molar-refractivity contribution in [2.24, 2.45) is 7.05 Å². The minimum absolute atomic E-state index is 0.154. The molecular weight excluding hydrogens is 302 g/mol. The van der Waals surface area contributed by atoms with Gasteiger partial charge in [-0.05, 0) is 12.1 Å². The van der Waals surface area contributed by atoms with Gasteiger partial charge in [0, 0.05) is 36.8 Å². The van der Waals surface area contributed by atoms with Crippen LogP contribution in [-0.4, -0.2) is 19.6 Å². The number of pyridine rings is 2. The Balaban J connectivity index is 2.23. The quantitative estimate of drug-likeness (QED) is 0.587. The second kappa shape index (κ2) is 5.41. The molecule has 0 fully saturated rings. The Morgan fingerprint density at radius 2 is 2.09 bits per heavy atom. The third kappa shape index (κ3) is 2.46. The van der Waals surface area contributed by atoms with Crippen molar-refractivity contribution < 1.29 is 14.8 Å². The Bertz CT molecular complexity index is 966. The number of ether oxygens (including phenoxy) is 1. The van der Waals surface area contributed by atoms with Gasteiger partial charge in [0.15, 0.2) is 5.75 Å². The SMILES string of the molecule is Cn1c(=O)c(Oc2ccccn2)c(O)c2ccc([N+](=O)[O-])cc21. The minimum atomic E-state index is -0.624. The summed E-state index contributed by atoms with van der Waals surface area (Å²) in [7, 11) is 1.44. The highest BCUT2D eigenvalue weighted by molar-refractivity contribution is 5.89. The molecule has 23 heavy (non-hydrogen) atoms. The molecule has 8 heteroatoms. The van der Waals surface area contributed by atoms with Crippen LogP contribution in [0.4, 0.5) is 5.69 Å². The van der Waals surface area contributed by atoms with Crippen LogP contribution in [0.25, 0.3) is 10.9 Å². The second-order valence-electron chi connectivity index (χ2n) is 4.77. The summed E-state index contributed by atoms with van der Waals surface area (Å²) in [6.07, 6.45) is 1.49. The number of benzene rings is 1. The lowest BCUT2D eigenvalue weighted by atomic mass is 10.1. The molecule has 0 aliphatic rings. The Kier molecular flexibility index (Phi) is 3.41. The summed E-state index contributed by atoms with van der Waals surface area (Å²) in [5, 5.41) is 21.4. The maximum absolute atomic E-state index is 12.4. The molecule has 0 aliphatic carbocycles. The number of non-ortho nitro benzene ring substituents is 1. The number of aromatic hydroxyl groups is 1. The standard InChI is InChI=1S/C15H11N3O5/c1-17-11-8-9(18(21)22)5-6-10(11)13(19)14(15(17)20)23-12-4-2-3-7-16-12/h2-8,19H,1H3. The van der Waals surface area contributed by atoms with E-state index in [1.165, 1.54) is 36.0 Å². The van der Waals surface area contributed by atoms with Crippen molar-refractivity contribution >= 4 is 16.6 Å². The number of nitrogens with zero attached hydrogens (tertiary/aromatic N) is 3. The van der Waals surface area contributed by atoms with Crippen molar-refractivity contribution in [2.75, 3.05) is 0 Å². The van der Waals surface area contributed by atoms with E-state index in [1.54, 1.807) is 18.2 Å². The van der Waals surface area contributed by atoms with E-state index in [0.29, 0.717) is 0 Å². The van der Waals surface area contributed by atoms with E-state index in [0.717, 1.165) is 0 Å². The molecule has 1 aromatic carbocycles. The summed E-state index contributed by atoms with van der Waals surface area (Å²) in [6, 6.07) is 8.74. The highest BCUT2D eigenvalue weighted by atomic mass is 16.6. The maximum atomic E-state index is 12.4. The van der Waals surface area contributed by atoms with E-state index in [1.807, 2.05) is 0 Å². The summed E-state index contributed by atoms with van der Waals surface area (Å²) in [5.74, 6) is -0.516. The van der Waals surface area contributed by atoms with Gasteiger partial charge in [-0.25, -0.2) is 4.98 Å². The Labute approximate surface area is 129 Å². The molecule has 0 radical (unpaired) electrons. The number of nitro groups is 1. The number of nitro benzene ring substituents is 1. The van der Waals surface area contributed by atoms with Crippen molar-refractivity contribution in [1.82, 2.24) is 9.55 Å². The van der Waals surface area contributed by atoms with Gasteiger partial charge >= 0.3 is 0 Å². The van der Waals surface area contributed by atoms with E-state index >= 15 is 0 Å². The number of aryl methyl sites for hydroxylation is 1. The molecule has 3 rings (SSSR count). The fraction of sp³-hybridized carbons (Fsp3) is 0.0667. The van der Waals surface area contributed by atoms with Crippen LogP contribution in [0.1, 0.15) is 0 Å². The van der Waals surface area contributed by atoms with Crippen LogP contribution in [0.2, 0.25) is 0 Å². The molecule has 0 unspecified atom stereocenters. The van der Waals surface area contributed by atoms with Gasteiger partial charge in [0.2, 0.25) is 11.6 Å². The van der Waals surface area contributed by atoms with E-state index in [2.05, 4.69) is 4.98 Å². The molecule has 116 valence electrons. The molecule has 0 bridgehead atoms. The summed E-state index contributed by atoms with van der Waals surface area (Å²) in [5.41, 5.74) is -0.568. The third-order valence-corrected chi connectivity index (χ3v) is 3.37. The summed E-state index contributed by atoms with van der Waals surface area (Å²) < 4.78 is 6.56. The average Bonchev–Trinajstić information content (AvgIpc) is 2.57. The molecule has 1 N–H and O–H groups in total. The van der Waals surface area contributed by atoms with Crippen LogP contribution in [-0.2, 0) is 7.05 Å². The van der Waals surface area contributed by atoms with Crippen molar-refractivity contribution in [3.63, 3.8) is 0 Å². The normalized spacial score (nSPS) is 10.7. The van der Waals surface area contributed by atoms with Crippen LogP contribution in [0, 0.1) is 10.1 Å². The first-order chi connectivity index (χ1) is 11.0. The van der Waals surface area contributed by atoms with Crippen molar-refractivity contribution in [3.8, 4) is 17.4 Å². The topological polar surface area (TPSA) is 107 Å². The Morgan fingerprint density at radius 3 is 2.74 bits per heavy atom. The zero-order chi connectivity index (χ0) is 16.6. The van der Waals surface area contributed by atoms with Crippen LogP contribution in [0.5, 0.6) is 17.4 Å². The monoisotopic (exact) mass is 313 g/mol. The van der Waals surface area contributed by atoms with Gasteiger partial charge in [-0.1, -0.05) is 6.07 Å². The van der Waals surface area contributed by atoms with Crippen LogP contribution in [0.3, 0.4) is 0 Å². The van der Waals surface area contributed by atoms with E-state index in [-0.39, 0.29) is 34.0 Å². The number of hydrogen-bond acceptors (Lipinski definition) is 6. The van der Waals surface area contributed by atoms with Gasteiger partial charge in [0.1, 0.15) is 0 Å². The van der Waals surface area contributed by atoms with Gasteiger partial charge in [-0.3, -0.25) is 14.9 Å². The van der Waals surface area contributed by atoms with Gasteiger partial charge in [-0.2, -0.15) is 0 Å². The smallest absolute Gasteiger partial charge is 0.297 e. The van der Waals surface area contributed by atoms with E-state index < -0.39 is 10.5 Å². The molecule has 0 atom stereocenters. The summed E-state index contributed by atoms with van der Waals surface area (Å²) >= 11 is 0. The molecule has 2 aromatic heterocycles. The molecule has 2 heterocycles. The lowest BCUT2D eigenvalue weighted by molar-refractivity contribution is -0.384. The molecule has 0 saturated carbocycles. The van der Waals surface area contributed by atoms with Crippen LogP contribution < -0.4 is 10.3 Å². The fourth-order valence-electron chi connectivity index (χ4n) is 2.20. The number of hydrogen-bond donors (Lipinski definition) is 1. The van der Waals surface area contributed by atoms with Gasteiger partial charge in [0.05, 0.1) is 10.4 Å². The molecule has 8 nitrogen and oxygen atoms in total. The van der Waals surface area contributed by atoms with Gasteiger partial charge < -0.3 is 14.4 Å². The third-order valence-electron chi connectivity index (χ3n) is 3.37. The molecular formula is C15H11N3O5. The number of aromatic nitrogens is 2. The average molecular weight is 313 g/mol. The maximum Gasteiger partial charge on any atom is 0.297 e. The summed E-state index contributed by atoms with van der Waals surface area (Å²) in [6.45, 7) is 0. The first-order valence-electron chi connectivity index (χ1n) is 6.58. The molecule has 3 aromatic rings. The zero-order valence-corrected chi connectivity index (χ0v) is 12.0.